The molecule has 8 heteroatoms. The van der Waals surface area contributed by atoms with E-state index in [1.54, 1.807) is 7.05 Å². The van der Waals surface area contributed by atoms with Crippen LogP contribution in [-0.4, -0.2) is 62.3 Å². The predicted molar refractivity (Wildman–Crippen MR) is 138 cm³/mol. The van der Waals surface area contributed by atoms with Crippen molar-refractivity contribution in [2.24, 2.45) is 10.9 Å². The van der Waals surface area contributed by atoms with Crippen LogP contribution in [0.1, 0.15) is 45.6 Å². The summed E-state index contributed by atoms with van der Waals surface area (Å²) in [5, 5.41) is 9.87. The molecule has 1 amide bonds. The van der Waals surface area contributed by atoms with Gasteiger partial charge in [0.05, 0.1) is 6.61 Å². The van der Waals surface area contributed by atoms with E-state index in [1.165, 1.54) is 5.56 Å². The van der Waals surface area contributed by atoms with Crippen LogP contribution in [0.2, 0.25) is 0 Å². The van der Waals surface area contributed by atoms with Gasteiger partial charge in [0.2, 0.25) is 0 Å². The molecule has 2 rings (SSSR count). The Morgan fingerprint density at radius 2 is 1.90 bits per heavy atom. The average Bonchev–Trinajstić information content (AvgIpc) is 2.72. The van der Waals surface area contributed by atoms with Crippen LogP contribution >= 0.6 is 24.0 Å². The molecule has 1 heterocycles. The third-order valence-corrected chi connectivity index (χ3v) is 5.27. The Balaban J connectivity index is 0.00000480. The molecule has 3 N–H and O–H groups in total. The summed E-state index contributed by atoms with van der Waals surface area (Å²) in [5.74, 6) is 1.26. The minimum Gasteiger partial charge on any atom is -0.450 e. The van der Waals surface area contributed by atoms with Crippen LogP contribution in [0.4, 0.5) is 4.79 Å². The number of carbonyl (C=O) groups excluding carboxylic acids is 1. The number of alkyl carbamates (subject to hydrolysis) is 1. The SMILES string of the molecule is CCOC(=O)NC(CNC(=NC)NC1CCN(Cc2ccccc2)CC1)CC(C)C.I. The number of hydrogen-bond acceptors (Lipinski definition) is 4. The quantitative estimate of drug-likeness (QED) is 0.251. The molecule has 1 aliphatic heterocycles. The number of ether oxygens (including phenoxy) is 1. The van der Waals surface area contributed by atoms with Crippen molar-refractivity contribution in [1.29, 1.82) is 0 Å². The fourth-order valence-electron chi connectivity index (χ4n) is 3.79. The standard InChI is InChI=1S/C23H39N5O2.HI/c1-5-30-23(29)27-21(15-18(2)3)16-25-22(24-4)26-20-11-13-28(14-12-20)17-19-9-7-6-8-10-19;/h6-10,18,20-21H,5,11-17H2,1-4H3,(H,27,29)(H2,24,25,26);1H. The zero-order chi connectivity index (χ0) is 21.8. The number of carbonyl (C=O) groups is 1. The summed E-state index contributed by atoms with van der Waals surface area (Å²) in [5.41, 5.74) is 1.37. The van der Waals surface area contributed by atoms with Crippen molar-refractivity contribution >= 4 is 36.0 Å². The third-order valence-electron chi connectivity index (χ3n) is 5.27. The Kier molecular flexibility index (Phi) is 13.6. The molecule has 0 saturated carbocycles. The lowest BCUT2D eigenvalue weighted by Crippen LogP contribution is -2.51. The molecular formula is C23H40IN5O2. The van der Waals surface area contributed by atoms with Gasteiger partial charge in [0, 0.05) is 45.3 Å². The zero-order valence-corrected chi connectivity index (χ0v) is 21.7. The summed E-state index contributed by atoms with van der Waals surface area (Å²) in [4.78, 5) is 18.7. The van der Waals surface area contributed by atoms with Crippen LogP contribution in [0.15, 0.2) is 35.3 Å². The largest absolute Gasteiger partial charge is 0.450 e. The minimum atomic E-state index is -0.362. The number of hydrogen-bond donors (Lipinski definition) is 3. The summed E-state index contributed by atoms with van der Waals surface area (Å²) in [6.45, 7) is 10.3. The number of nitrogens with zero attached hydrogens (tertiary/aromatic N) is 2. The highest BCUT2D eigenvalue weighted by Gasteiger charge is 2.21. The molecular weight excluding hydrogens is 505 g/mol. The van der Waals surface area contributed by atoms with E-state index in [1.807, 2.05) is 6.92 Å². The van der Waals surface area contributed by atoms with E-state index < -0.39 is 0 Å². The van der Waals surface area contributed by atoms with Crippen molar-refractivity contribution in [1.82, 2.24) is 20.9 Å². The van der Waals surface area contributed by atoms with Crippen molar-refractivity contribution in [3.63, 3.8) is 0 Å². The van der Waals surface area contributed by atoms with Crippen molar-refractivity contribution in [2.75, 3.05) is 33.3 Å². The number of rotatable bonds is 9. The Bertz CT molecular complexity index is 649. The van der Waals surface area contributed by atoms with E-state index in [0.29, 0.717) is 25.1 Å². The summed E-state index contributed by atoms with van der Waals surface area (Å²) in [6, 6.07) is 11.0. The molecule has 1 fully saturated rings. The van der Waals surface area contributed by atoms with Gasteiger partial charge in [-0.25, -0.2) is 4.79 Å². The van der Waals surface area contributed by atoms with Crippen LogP contribution in [0.3, 0.4) is 0 Å². The maximum absolute atomic E-state index is 11.8. The first-order valence-corrected chi connectivity index (χ1v) is 11.2. The normalized spacial score (nSPS) is 16.4. The van der Waals surface area contributed by atoms with Crippen LogP contribution in [-0.2, 0) is 11.3 Å². The highest BCUT2D eigenvalue weighted by molar-refractivity contribution is 14.0. The molecule has 1 unspecified atom stereocenters. The molecule has 0 bridgehead atoms. The number of aliphatic imine (C=N–C) groups is 1. The lowest BCUT2D eigenvalue weighted by Gasteiger charge is -2.33. The Hall–Kier alpha value is -1.55. The summed E-state index contributed by atoms with van der Waals surface area (Å²) in [7, 11) is 1.79. The van der Waals surface area contributed by atoms with E-state index in [-0.39, 0.29) is 36.1 Å². The Labute approximate surface area is 204 Å². The van der Waals surface area contributed by atoms with Gasteiger partial charge in [0.25, 0.3) is 0 Å². The van der Waals surface area contributed by atoms with Gasteiger partial charge in [-0.05, 0) is 37.7 Å². The van der Waals surface area contributed by atoms with Crippen LogP contribution in [0.25, 0.3) is 0 Å². The van der Waals surface area contributed by atoms with Crippen molar-refractivity contribution < 1.29 is 9.53 Å². The molecule has 7 nitrogen and oxygen atoms in total. The molecule has 0 aliphatic carbocycles. The highest BCUT2D eigenvalue weighted by Crippen LogP contribution is 2.14. The smallest absolute Gasteiger partial charge is 0.407 e. The average molecular weight is 546 g/mol. The van der Waals surface area contributed by atoms with E-state index in [2.05, 4.69) is 70.0 Å². The first kappa shape index (κ1) is 27.5. The second kappa shape index (κ2) is 15.3. The number of piperidine rings is 1. The van der Waals surface area contributed by atoms with Crippen molar-refractivity contribution in [3.8, 4) is 0 Å². The topological polar surface area (TPSA) is 78.0 Å². The number of amides is 1. The molecule has 0 spiro atoms. The molecule has 0 radical (unpaired) electrons. The molecule has 1 aromatic carbocycles. The molecule has 1 saturated heterocycles. The Morgan fingerprint density at radius 1 is 1.23 bits per heavy atom. The molecule has 176 valence electrons. The number of benzene rings is 1. The highest BCUT2D eigenvalue weighted by atomic mass is 127. The number of guanidine groups is 1. The van der Waals surface area contributed by atoms with E-state index in [9.17, 15) is 4.79 Å². The second-order valence-electron chi connectivity index (χ2n) is 8.32. The van der Waals surface area contributed by atoms with Crippen molar-refractivity contribution in [2.45, 2.75) is 58.7 Å². The lowest BCUT2D eigenvalue weighted by molar-refractivity contribution is 0.146. The van der Waals surface area contributed by atoms with Crippen LogP contribution in [0, 0.1) is 5.92 Å². The first-order valence-electron chi connectivity index (χ1n) is 11.2. The molecule has 1 aliphatic rings. The third kappa shape index (κ3) is 11.0. The van der Waals surface area contributed by atoms with Gasteiger partial charge in [-0.3, -0.25) is 9.89 Å². The van der Waals surface area contributed by atoms with E-state index >= 15 is 0 Å². The fraction of sp³-hybridized carbons (Fsp3) is 0.652. The maximum atomic E-state index is 11.8. The van der Waals surface area contributed by atoms with Gasteiger partial charge >= 0.3 is 6.09 Å². The molecule has 1 atom stereocenters. The number of likely N-dealkylation sites (tertiary alicyclic amines) is 1. The van der Waals surface area contributed by atoms with Gasteiger partial charge < -0.3 is 20.7 Å². The zero-order valence-electron chi connectivity index (χ0n) is 19.4. The first-order chi connectivity index (χ1) is 14.5. The Morgan fingerprint density at radius 3 is 2.48 bits per heavy atom. The summed E-state index contributed by atoms with van der Waals surface area (Å²) < 4.78 is 5.03. The molecule has 0 aromatic heterocycles. The van der Waals surface area contributed by atoms with Gasteiger partial charge in [0.1, 0.15) is 0 Å². The van der Waals surface area contributed by atoms with Gasteiger partial charge in [0.15, 0.2) is 5.96 Å². The number of halogens is 1. The number of nitrogens with one attached hydrogen (secondary N) is 3. The summed E-state index contributed by atoms with van der Waals surface area (Å²) >= 11 is 0. The van der Waals surface area contributed by atoms with Crippen molar-refractivity contribution in [3.05, 3.63) is 35.9 Å². The second-order valence-corrected chi connectivity index (χ2v) is 8.32. The lowest BCUT2D eigenvalue weighted by atomic mass is 10.0. The molecule has 1 aromatic rings. The fourth-order valence-corrected chi connectivity index (χ4v) is 3.79. The van der Waals surface area contributed by atoms with Gasteiger partial charge in [-0.1, -0.05) is 44.2 Å². The van der Waals surface area contributed by atoms with Crippen LogP contribution in [0.5, 0.6) is 0 Å². The maximum Gasteiger partial charge on any atom is 0.407 e. The van der Waals surface area contributed by atoms with E-state index in [0.717, 1.165) is 44.9 Å². The van der Waals surface area contributed by atoms with E-state index in [4.69, 9.17) is 4.74 Å². The predicted octanol–water partition coefficient (Wildman–Crippen LogP) is 3.59. The monoisotopic (exact) mass is 545 g/mol. The van der Waals surface area contributed by atoms with Gasteiger partial charge in [-0.2, -0.15) is 0 Å². The molecule has 31 heavy (non-hydrogen) atoms. The minimum absolute atomic E-state index is 0. The summed E-state index contributed by atoms with van der Waals surface area (Å²) in [6.07, 6.45) is 2.69. The van der Waals surface area contributed by atoms with Gasteiger partial charge in [-0.15, -0.1) is 24.0 Å². The van der Waals surface area contributed by atoms with Crippen LogP contribution < -0.4 is 16.0 Å².